The van der Waals surface area contributed by atoms with Crippen LogP contribution in [0.1, 0.15) is 56.3 Å². The van der Waals surface area contributed by atoms with Crippen molar-refractivity contribution in [3.63, 3.8) is 0 Å². The summed E-state index contributed by atoms with van der Waals surface area (Å²) in [5.41, 5.74) is 1.27. The van der Waals surface area contributed by atoms with E-state index in [0.717, 1.165) is 12.1 Å². The van der Waals surface area contributed by atoms with Crippen molar-refractivity contribution in [1.29, 1.82) is 0 Å². The summed E-state index contributed by atoms with van der Waals surface area (Å²) in [4.78, 5) is 51.5. The molecule has 3 heterocycles. The zero-order valence-electron chi connectivity index (χ0n) is 21.8. The molecule has 0 aliphatic heterocycles. The van der Waals surface area contributed by atoms with E-state index in [1.165, 1.54) is 28.5 Å². The summed E-state index contributed by atoms with van der Waals surface area (Å²) < 4.78 is 44.0. The van der Waals surface area contributed by atoms with Crippen molar-refractivity contribution in [2.75, 3.05) is 10.6 Å². The number of carbonyl (C=O) groups excluding carboxylic acids is 3. The highest BCUT2D eigenvalue weighted by atomic mass is 32.1. The maximum atomic E-state index is 13.2. The van der Waals surface area contributed by atoms with Crippen LogP contribution in [0, 0.1) is 6.92 Å². The Morgan fingerprint density at radius 2 is 1.79 bits per heavy atom. The van der Waals surface area contributed by atoms with Crippen LogP contribution in [0.15, 0.2) is 41.5 Å². The van der Waals surface area contributed by atoms with Crippen molar-refractivity contribution in [3.8, 4) is 0 Å². The molecule has 3 amide bonds. The molecule has 39 heavy (non-hydrogen) atoms. The lowest BCUT2D eigenvalue weighted by atomic mass is 10.1. The van der Waals surface area contributed by atoms with Crippen molar-refractivity contribution in [1.82, 2.24) is 19.9 Å². The van der Waals surface area contributed by atoms with Crippen LogP contribution in [0.3, 0.4) is 0 Å². The second kappa shape index (κ2) is 11.8. The summed E-state index contributed by atoms with van der Waals surface area (Å²) in [5.74, 6) is -1.75. The number of pyridine rings is 2. The number of carbonyl (C=O) groups is 3. The second-order valence-corrected chi connectivity index (χ2v) is 10.2. The van der Waals surface area contributed by atoms with Crippen LogP contribution in [0.25, 0.3) is 0 Å². The summed E-state index contributed by atoms with van der Waals surface area (Å²) in [5, 5.41) is 6.69. The average molecular weight is 565 g/mol. The fourth-order valence-corrected chi connectivity index (χ4v) is 3.96. The number of aryl methyl sites for hydroxylation is 1. The Morgan fingerprint density at radius 3 is 2.33 bits per heavy atom. The number of rotatable bonds is 6. The van der Waals surface area contributed by atoms with Gasteiger partial charge < -0.3 is 15.0 Å². The van der Waals surface area contributed by atoms with E-state index in [0.29, 0.717) is 17.5 Å². The Balaban J connectivity index is 1.76. The van der Waals surface area contributed by atoms with Crippen LogP contribution in [0.2, 0.25) is 0 Å². The molecule has 0 saturated heterocycles. The first kappa shape index (κ1) is 29.5. The predicted molar refractivity (Wildman–Crippen MR) is 138 cm³/mol. The molecule has 10 nitrogen and oxygen atoms in total. The molecule has 14 heteroatoms. The molecule has 0 radical (unpaired) electrons. The highest BCUT2D eigenvalue weighted by Crippen LogP contribution is 2.29. The first-order valence-electron chi connectivity index (χ1n) is 11.6. The third-order valence-corrected chi connectivity index (χ3v) is 5.85. The topological polar surface area (TPSA) is 126 Å². The summed E-state index contributed by atoms with van der Waals surface area (Å²) in [6.07, 6.45) is -3.32. The maximum absolute atomic E-state index is 13.2. The van der Waals surface area contributed by atoms with Gasteiger partial charge in [-0.05, 0) is 58.4 Å². The van der Waals surface area contributed by atoms with E-state index in [1.807, 2.05) is 0 Å². The van der Waals surface area contributed by atoms with E-state index in [9.17, 15) is 27.6 Å². The molecule has 3 rings (SSSR count). The van der Waals surface area contributed by atoms with Gasteiger partial charge in [0, 0.05) is 11.6 Å². The molecule has 0 aliphatic rings. The molecule has 208 valence electrons. The smallest absolute Gasteiger partial charge is 0.417 e. The van der Waals surface area contributed by atoms with Crippen molar-refractivity contribution < 1.29 is 32.3 Å². The lowest BCUT2D eigenvalue weighted by molar-refractivity contribution is -0.145. The summed E-state index contributed by atoms with van der Waals surface area (Å²) >= 11 is 1.29. The molecule has 0 bridgehead atoms. The van der Waals surface area contributed by atoms with Gasteiger partial charge in [-0.3, -0.25) is 19.9 Å². The highest BCUT2D eigenvalue weighted by molar-refractivity contribution is 7.07. The molecule has 3 aromatic rings. The van der Waals surface area contributed by atoms with Crippen LogP contribution in [0.4, 0.5) is 29.5 Å². The van der Waals surface area contributed by atoms with Gasteiger partial charge in [0.1, 0.15) is 11.4 Å². The normalized spacial score (nSPS) is 12.4. The lowest BCUT2D eigenvalue weighted by Gasteiger charge is -2.27. The first-order valence-corrected chi connectivity index (χ1v) is 12.6. The monoisotopic (exact) mass is 564 g/mol. The summed E-state index contributed by atoms with van der Waals surface area (Å²) in [6, 6.07) is 2.84. The van der Waals surface area contributed by atoms with Crippen LogP contribution in [-0.2, 0) is 27.0 Å². The molecule has 0 aliphatic carbocycles. The van der Waals surface area contributed by atoms with Crippen molar-refractivity contribution in [2.24, 2.45) is 0 Å². The van der Waals surface area contributed by atoms with Crippen LogP contribution < -0.4 is 10.6 Å². The molecule has 0 saturated carbocycles. The van der Waals surface area contributed by atoms with Crippen molar-refractivity contribution in [3.05, 3.63) is 64.0 Å². The van der Waals surface area contributed by atoms with Gasteiger partial charge in [0.25, 0.3) is 0 Å². The highest BCUT2D eigenvalue weighted by Gasteiger charge is 2.32. The molecule has 1 unspecified atom stereocenters. The van der Waals surface area contributed by atoms with E-state index in [4.69, 9.17) is 4.74 Å². The Hall–Kier alpha value is -4.07. The van der Waals surface area contributed by atoms with Crippen LogP contribution in [0.5, 0.6) is 0 Å². The number of halogens is 3. The third-order valence-electron chi connectivity index (χ3n) is 5.24. The number of anilines is 2. The van der Waals surface area contributed by atoms with Crippen LogP contribution in [-0.4, -0.2) is 43.4 Å². The van der Waals surface area contributed by atoms with Gasteiger partial charge in [0.2, 0.25) is 0 Å². The lowest BCUT2D eigenvalue weighted by Crippen LogP contribution is -2.41. The molecule has 0 aromatic carbocycles. The van der Waals surface area contributed by atoms with Gasteiger partial charge in [-0.25, -0.2) is 14.8 Å². The average Bonchev–Trinajstić information content (AvgIpc) is 3.37. The van der Waals surface area contributed by atoms with Crippen molar-refractivity contribution >= 4 is 40.7 Å². The van der Waals surface area contributed by atoms with Gasteiger partial charge >= 0.3 is 24.1 Å². The minimum atomic E-state index is -4.56. The van der Waals surface area contributed by atoms with Gasteiger partial charge in [0.05, 0.1) is 46.9 Å². The van der Waals surface area contributed by atoms with E-state index < -0.39 is 41.3 Å². The van der Waals surface area contributed by atoms with Crippen LogP contribution >= 0.6 is 11.3 Å². The van der Waals surface area contributed by atoms with E-state index in [2.05, 4.69) is 25.6 Å². The van der Waals surface area contributed by atoms with Gasteiger partial charge in [-0.1, -0.05) is 0 Å². The first-order chi connectivity index (χ1) is 18.1. The maximum Gasteiger partial charge on any atom is 0.417 e. The Bertz CT molecular complexity index is 1330. The summed E-state index contributed by atoms with van der Waals surface area (Å²) in [6.45, 7) is 8.20. The number of nitrogens with zero attached hydrogens (tertiary/aromatic N) is 4. The van der Waals surface area contributed by atoms with Crippen molar-refractivity contribution in [2.45, 2.75) is 59.0 Å². The number of hydrogen-bond acceptors (Lipinski definition) is 8. The Kier molecular flexibility index (Phi) is 8.89. The molecule has 2 N–H and O–H groups in total. The number of amides is 3. The standard InChI is InChI=1S/C25H27F3N6O4S/c1-14-8-18(10-30-20(14)33-23(37)38-24(3,4)5)32-21(35)22(36)34(15(2)19-12-39-13-31-19)11-17-7-6-16(9-29-17)25(26,27)28/h6-10,12-13,15H,11H2,1-5H3,(H,32,35)(H,30,33,37). The molecule has 0 spiro atoms. The zero-order chi connectivity index (χ0) is 29.0. The molecule has 1 atom stereocenters. The SMILES string of the molecule is Cc1cc(NC(=O)C(=O)N(Cc2ccc(C(F)(F)F)cn2)C(C)c2cscn2)cnc1NC(=O)OC(C)(C)C. The molecular formula is C25H27F3N6O4S. The third kappa shape index (κ3) is 8.21. The largest absolute Gasteiger partial charge is 0.444 e. The minimum Gasteiger partial charge on any atom is -0.444 e. The Labute approximate surface area is 226 Å². The zero-order valence-corrected chi connectivity index (χ0v) is 22.6. The predicted octanol–water partition coefficient (Wildman–Crippen LogP) is 5.34. The quantitative estimate of drug-likeness (QED) is 0.387. The Morgan fingerprint density at radius 1 is 1.08 bits per heavy atom. The minimum absolute atomic E-state index is 0.154. The number of aromatic nitrogens is 3. The molecular weight excluding hydrogens is 537 g/mol. The van der Waals surface area contributed by atoms with Gasteiger partial charge in [-0.2, -0.15) is 13.2 Å². The van der Waals surface area contributed by atoms with Gasteiger partial charge in [-0.15, -0.1) is 11.3 Å². The van der Waals surface area contributed by atoms with Gasteiger partial charge in [0.15, 0.2) is 0 Å². The summed E-state index contributed by atoms with van der Waals surface area (Å²) in [7, 11) is 0. The van der Waals surface area contributed by atoms with E-state index in [1.54, 1.807) is 45.5 Å². The number of hydrogen-bond donors (Lipinski definition) is 2. The van der Waals surface area contributed by atoms with E-state index in [-0.39, 0.29) is 23.7 Å². The fourth-order valence-electron chi connectivity index (χ4n) is 3.32. The molecule has 0 fully saturated rings. The fraction of sp³-hybridized carbons (Fsp3) is 0.360. The molecule has 3 aromatic heterocycles. The number of nitrogens with one attached hydrogen (secondary N) is 2. The van der Waals surface area contributed by atoms with E-state index >= 15 is 0 Å². The number of ether oxygens (including phenoxy) is 1. The number of alkyl halides is 3. The second-order valence-electron chi connectivity index (χ2n) is 9.53. The number of thiazole rings is 1.